The summed E-state index contributed by atoms with van der Waals surface area (Å²) in [4.78, 5) is 9.84. The van der Waals surface area contributed by atoms with E-state index in [1.807, 2.05) is 0 Å². The standard InChI is InChI=1S/C9H7BrF3NO/c10-5(9(14)15)3-4-1-2-6(11)8(13)7(4)12/h1-2,5H,3H2,(H2,14,15). The molecule has 0 spiro atoms. The lowest BCUT2D eigenvalue weighted by atomic mass is 10.1. The van der Waals surface area contributed by atoms with Crippen molar-refractivity contribution in [2.24, 2.45) is 5.73 Å². The van der Waals surface area contributed by atoms with Gasteiger partial charge in [0, 0.05) is 0 Å². The number of hydrogen-bond donors (Lipinski definition) is 1. The fourth-order valence-corrected chi connectivity index (χ4v) is 1.37. The summed E-state index contributed by atoms with van der Waals surface area (Å²) in [6.07, 6.45) is -0.127. The molecule has 0 aliphatic rings. The van der Waals surface area contributed by atoms with Gasteiger partial charge < -0.3 is 5.73 Å². The Morgan fingerprint density at radius 2 is 1.93 bits per heavy atom. The van der Waals surface area contributed by atoms with Gasteiger partial charge in [0.25, 0.3) is 0 Å². The van der Waals surface area contributed by atoms with E-state index in [4.69, 9.17) is 5.73 Å². The van der Waals surface area contributed by atoms with Gasteiger partial charge in [-0.05, 0) is 18.1 Å². The number of primary amides is 1. The predicted octanol–water partition coefficient (Wildman–Crippen LogP) is 1.90. The summed E-state index contributed by atoms with van der Waals surface area (Å²) in [6.45, 7) is 0. The van der Waals surface area contributed by atoms with E-state index in [2.05, 4.69) is 15.9 Å². The van der Waals surface area contributed by atoms with Crippen LogP contribution in [0.2, 0.25) is 0 Å². The van der Waals surface area contributed by atoms with Crippen LogP contribution in [-0.4, -0.2) is 10.7 Å². The third-order valence-electron chi connectivity index (χ3n) is 1.82. The number of hydrogen-bond acceptors (Lipinski definition) is 1. The highest BCUT2D eigenvalue weighted by atomic mass is 79.9. The molecular weight excluding hydrogens is 275 g/mol. The Balaban J connectivity index is 2.97. The Hall–Kier alpha value is -1.04. The molecular formula is C9H7BrF3NO. The van der Waals surface area contributed by atoms with E-state index in [0.29, 0.717) is 0 Å². The average Bonchev–Trinajstić information content (AvgIpc) is 2.18. The lowest BCUT2D eigenvalue weighted by Gasteiger charge is -2.07. The molecule has 0 radical (unpaired) electrons. The summed E-state index contributed by atoms with van der Waals surface area (Å²) >= 11 is 2.90. The second kappa shape index (κ2) is 4.65. The average molecular weight is 282 g/mol. The van der Waals surface area contributed by atoms with Crippen molar-refractivity contribution in [2.45, 2.75) is 11.2 Å². The van der Waals surface area contributed by atoms with E-state index >= 15 is 0 Å². The molecule has 2 N–H and O–H groups in total. The van der Waals surface area contributed by atoms with Crippen molar-refractivity contribution >= 4 is 21.8 Å². The van der Waals surface area contributed by atoms with Crippen molar-refractivity contribution in [1.82, 2.24) is 0 Å². The van der Waals surface area contributed by atoms with Gasteiger partial charge in [-0.1, -0.05) is 22.0 Å². The molecule has 0 bridgehead atoms. The molecule has 0 heterocycles. The van der Waals surface area contributed by atoms with Crippen LogP contribution >= 0.6 is 15.9 Å². The highest BCUT2D eigenvalue weighted by molar-refractivity contribution is 9.10. The van der Waals surface area contributed by atoms with Crippen LogP contribution in [0.1, 0.15) is 5.56 Å². The van der Waals surface area contributed by atoms with Crippen LogP contribution < -0.4 is 5.73 Å². The highest BCUT2D eigenvalue weighted by Gasteiger charge is 2.18. The summed E-state index contributed by atoms with van der Waals surface area (Å²) < 4.78 is 38.4. The third kappa shape index (κ3) is 2.71. The molecule has 6 heteroatoms. The summed E-state index contributed by atoms with van der Waals surface area (Å²) in [5.41, 5.74) is 4.82. The first kappa shape index (κ1) is 12.0. The molecule has 1 aromatic carbocycles. The molecule has 1 rings (SSSR count). The number of amides is 1. The van der Waals surface area contributed by atoms with Gasteiger partial charge in [0.2, 0.25) is 5.91 Å². The fraction of sp³-hybridized carbons (Fsp3) is 0.222. The number of nitrogens with two attached hydrogens (primary N) is 1. The summed E-state index contributed by atoms with van der Waals surface area (Å²) in [7, 11) is 0. The van der Waals surface area contributed by atoms with Crippen molar-refractivity contribution in [3.63, 3.8) is 0 Å². The molecule has 0 saturated carbocycles. The molecule has 1 aromatic rings. The minimum absolute atomic E-state index is 0.102. The summed E-state index contributed by atoms with van der Waals surface area (Å²) in [5, 5.41) is 0. The highest BCUT2D eigenvalue weighted by Crippen LogP contribution is 2.18. The fourth-order valence-electron chi connectivity index (χ4n) is 1.02. The molecule has 0 aliphatic carbocycles. The largest absolute Gasteiger partial charge is 0.369 e. The van der Waals surface area contributed by atoms with Crippen LogP contribution in [-0.2, 0) is 11.2 Å². The third-order valence-corrected chi connectivity index (χ3v) is 2.60. The molecule has 0 aromatic heterocycles. The lowest BCUT2D eigenvalue weighted by molar-refractivity contribution is -0.117. The van der Waals surface area contributed by atoms with Gasteiger partial charge in [-0.15, -0.1) is 0 Å². The predicted molar refractivity (Wildman–Crippen MR) is 51.9 cm³/mol. The van der Waals surface area contributed by atoms with Crippen LogP contribution in [0.25, 0.3) is 0 Å². The first-order valence-electron chi connectivity index (χ1n) is 3.99. The van der Waals surface area contributed by atoms with E-state index in [-0.39, 0.29) is 12.0 Å². The molecule has 0 fully saturated rings. The van der Waals surface area contributed by atoms with Crippen molar-refractivity contribution in [3.8, 4) is 0 Å². The van der Waals surface area contributed by atoms with Crippen LogP contribution in [0.4, 0.5) is 13.2 Å². The number of alkyl halides is 1. The van der Waals surface area contributed by atoms with E-state index in [9.17, 15) is 18.0 Å². The molecule has 0 aliphatic heterocycles. The van der Waals surface area contributed by atoms with Gasteiger partial charge >= 0.3 is 0 Å². The zero-order valence-corrected chi connectivity index (χ0v) is 9.02. The minimum Gasteiger partial charge on any atom is -0.369 e. The number of benzene rings is 1. The molecule has 1 amide bonds. The SMILES string of the molecule is NC(=O)C(Br)Cc1ccc(F)c(F)c1F. The van der Waals surface area contributed by atoms with Gasteiger partial charge in [-0.3, -0.25) is 4.79 Å². The zero-order valence-electron chi connectivity index (χ0n) is 7.44. The van der Waals surface area contributed by atoms with E-state index in [1.54, 1.807) is 0 Å². The zero-order chi connectivity index (χ0) is 11.6. The van der Waals surface area contributed by atoms with Gasteiger partial charge in [0.15, 0.2) is 17.5 Å². The first-order valence-corrected chi connectivity index (χ1v) is 4.90. The maximum atomic E-state index is 13.1. The first-order chi connectivity index (χ1) is 6.93. The molecule has 0 saturated heterocycles. The quantitative estimate of drug-likeness (QED) is 0.667. The summed E-state index contributed by atoms with van der Waals surface area (Å²) in [5.74, 6) is -4.79. The number of rotatable bonds is 3. The number of carbonyl (C=O) groups excluding carboxylic acids is 1. The van der Waals surface area contributed by atoms with Crippen LogP contribution in [0.3, 0.4) is 0 Å². The van der Waals surface area contributed by atoms with Crippen LogP contribution in [0, 0.1) is 17.5 Å². The molecule has 82 valence electrons. The van der Waals surface area contributed by atoms with Gasteiger partial charge in [-0.25, -0.2) is 13.2 Å². The minimum atomic E-state index is -1.54. The van der Waals surface area contributed by atoms with Crippen molar-refractivity contribution in [1.29, 1.82) is 0 Å². The van der Waals surface area contributed by atoms with E-state index in [1.165, 1.54) is 0 Å². The number of halogens is 4. The van der Waals surface area contributed by atoms with Crippen LogP contribution in [0.5, 0.6) is 0 Å². The van der Waals surface area contributed by atoms with E-state index in [0.717, 1.165) is 12.1 Å². The smallest absolute Gasteiger partial charge is 0.231 e. The molecule has 1 atom stereocenters. The Labute approximate surface area is 92.4 Å². The lowest BCUT2D eigenvalue weighted by Crippen LogP contribution is -2.25. The normalized spacial score (nSPS) is 12.5. The van der Waals surface area contributed by atoms with Crippen LogP contribution in [0.15, 0.2) is 12.1 Å². The second-order valence-electron chi connectivity index (χ2n) is 2.91. The molecule has 1 unspecified atom stereocenters. The second-order valence-corrected chi connectivity index (χ2v) is 4.01. The monoisotopic (exact) mass is 281 g/mol. The topological polar surface area (TPSA) is 43.1 Å². The molecule has 15 heavy (non-hydrogen) atoms. The van der Waals surface area contributed by atoms with Crippen molar-refractivity contribution in [2.75, 3.05) is 0 Å². The Morgan fingerprint density at radius 3 is 2.47 bits per heavy atom. The molecule has 2 nitrogen and oxygen atoms in total. The Morgan fingerprint density at radius 1 is 1.33 bits per heavy atom. The van der Waals surface area contributed by atoms with Crippen molar-refractivity contribution < 1.29 is 18.0 Å². The Kier molecular flexibility index (Phi) is 3.73. The maximum absolute atomic E-state index is 13.1. The summed E-state index contributed by atoms with van der Waals surface area (Å²) in [6, 6.07) is 1.87. The maximum Gasteiger partial charge on any atom is 0.231 e. The number of carbonyl (C=O) groups is 1. The van der Waals surface area contributed by atoms with Gasteiger partial charge in [-0.2, -0.15) is 0 Å². The Bertz CT molecular complexity index is 397. The van der Waals surface area contributed by atoms with Gasteiger partial charge in [0.1, 0.15) is 0 Å². The van der Waals surface area contributed by atoms with E-state index < -0.39 is 28.2 Å². The van der Waals surface area contributed by atoms with Crippen molar-refractivity contribution in [3.05, 3.63) is 35.1 Å². The van der Waals surface area contributed by atoms with Gasteiger partial charge in [0.05, 0.1) is 4.83 Å².